The second-order valence-electron chi connectivity index (χ2n) is 5.70. The van der Waals surface area contributed by atoms with E-state index in [0.717, 1.165) is 18.4 Å². The number of carbonyl (C=O) groups excluding carboxylic acids is 1. The molecule has 0 atom stereocenters. The molecule has 2 amide bonds. The van der Waals surface area contributed by atoms with Crippen LogP contribution in [0.3, 0.4) is 0 Å². The van der Waals surface area contributed by atoms with E-state index in [2.05, 4.69) is 40.0 Å². The number of hydrogen-bond donors (Lipinski definition) is 2. The van der Waals surface area contributed by atoms with Gasteiger partial charge in [0.05, 0.1) is 6.20 Å². The predicted molar refractivity (Wildman–Crippen MR) is 80.8 cm³/mol. The minimum Gasteiger partial charge on any atom is -0.337 e. The van der Waals surface area contributed by atoms with E-state index in [9.17, 15) is 4.79 Å². The van der Waals surface area contributed by atoms with Crippen molar-refractivity contribution in [3.8, 4) is 0 Å². The molecule has 1 saturated carbocycles. The zero-order chi connectivity index (χ0) is 14.7. The average Bonchev–Trinajstić information content (AvgIpc) is 3.20. The number of urea groups is 1. The number of hydrogen-bond acceptors (Lipinski definition) is 2. The highest BCUT2D eigenvalue weighted by Crippen LogP contribution is 2.47. The summed E-state index contributed by atoms with van der Waals surface area (Å²) in [4.78, 5) is 11.9. The molecule has 0 radical (unpaired) electrons. The van der Waals surface area contributed by atoms with Gasteiger partial charge in [-0.25, -0.2) is 4.79 Å². The van der Waals surface area contributed by atoms with Crippen LogP contribution in [-0.2, 0) is 19.0 Å². The number of carbonyl (C=O) groups is 1. The van der Waals surface area contributed by atoms with E-state index in [-0.39, 0.29) is 11.4 Å². The fourth-order valence-electron chi connectivity index (χ4n) is 2.57. The lowest BCUT2D eigenvalue weighted by atomic mass is 9.96. The maximum Gasteiger partial charge on any atom is 0.315 e. The highest BCUT2D eigenvalue weighted by Gasteiger charge is 2.44. The van der Waals surface area contributed by atoms with Crippen LogP contribution < -0.4 is 10.6 Å². The largest absolute Gasteiger partial charge is 0.337 e. The van der Waals surface area contributed by atoms with Gasteiger partial charge in [-0.05, 0) is 18.4 Å². The van der Waals surface area contributed by atoms with Crippen molar-refractivity contribution in [1.29, 1.82) is 0 Å². The zero-order valence-electron chi connectivity index (χ0n) is 12.2. The molecular formula is C16H20N4O. The molecule has 0 aliphatic heterocycles. The molecule has 5 nitrogen and oxygen atoms in total. The van der Waals surface area contributed by atoms with Gasteiger partial charge >= 0.3 is 6.03 Å². The predicted octanol–water partition coefficient (Wildman–Crippen LogP) is 1.95. The van der Waals surface area contributed by atoms with E-state index in [1.54, 1.807) is 10.9 Å². The minimum absolute atomic E-state index is 0.124. The SMILES string of the molecule is Cn1cc(CNC(=O)NCC2(c3ccccc3)CC2)cn1. The molecule has 1 fully saturated rings. The smallest absolute Gasteiger partial charge is 0.315 e. The first kappa shape index (κ1) is 13.7. The highest BCUT2D eigenvalue weighted by atomic mass is 16.2. The summed E-state index contributed by atoms with van der Waals surface area (Å²) in [6.45, 7) is 1.19. The summed E-state index contributed by atoms with van der Waals surface area (Å²) >= 11 is 0. The Bertz CT molecular complexity index is 616. The first-order valence-electron chi connectivity index (χ1n) is 7.23. The average molecular weight is 284 g/mol. The molecule has 110 valence electrons. The van der Waals surface area contributed by atoms with Crippen LogP contribution in [0.4, 0.5) is 4.79 Å². The van der Waals surface area contributed by atoms with Crippen LogP contribution in [0, 0.1) is 0 Å². The van der Waals surface area contributed by atoms with E-state index >= 15 is 0 Å². The van der Waals surface area contributed by atoms with E-state index in [1.165, 1.54) is 5.56 Å². The summed E-state index contributed by atoms with van der Waals surface area (Å²) in [5.74, 6) is 0. The number of aromatic nitrogens is 2. The van der Waals surface area contributed by atoms with Gasteiger partial charge < -0.3 is 10.6 Å². The summed E-state index contributed by atoms with van der Waals surface area (Å²) in [6.07, 6.45) is 5.93. The van der Waals surface area contributed by atoms with Crippen molar-refractivity contribution < 1.29 is 4.79 Å². The van der Waals surface area contributed by atoms with Gasteiger partial charge in [-0.15, -0.1) is 0 Å². The van der Waals surface area contributed by atoms with Gasteiger partial charge in [-0.2, -0.15) is 5.10 Å². The Kier molecular flexibility index (Phi) is 3.64. The Morgan fingerprint density at radius 3 is 2.67 bits per heavy atom. The van der Waals surface area contributed by atoms with Crippen LogP contribution in [0.25, 0.3) is 0 Å². The van der Waals surface area contributed by atoms with Crippen molar-refractivity contribution >= 4 is 6.03 Å². The maximum atomic E-state index is 11.9. The molecule has 1 aliphatic rings. The third-order valence-electron chi connectivity index (χ3n) is 4.04. The summed E-state index contributed by atoms with van der Waals surface area (Å²) in [6, 6.07) is 10.3. The van der Waals surface area contributed by atoms with Crippen LogP contribution >= 0.6 is 0 Å². The number of nitrogens with one attached hydrogen (secondary N) is 2. The molecule has 0 saturated heterocycles. The molecule has 0 spiro atoms. The first-order valence-corrected chi connectivity index (χ1v) is 7.23. The summed E-state index contributed by atoms with van der Waals surface area (Å²) in [5.41, 5.74) is 2.46. The molecule has 1 aliphatic carbocycles. The lowest BCUT2D eigenvalue weighted by Crippen LogP contribution is -2.39. The van der Waals surface area contributed by atoms with Crippen LogP contribution in [-0.4, -0.2) is 22.4 Å². The Morgan fingerprint density at radius 1 is 1.29 bits per heavy atom. The van der Waals surface area contributed by atoms with Gasteiger partial charge in [0.15, 0.2) is 0 Å². The summed E-state index contributed by atoms with van der Waals surface area (Å²) in [7, 11) is 1.86. The third kappa shape index (κ3) is 3.24. The topological polar surface area (TPSA) is 59.0 Å². The zero-order valence-corrected chi connectivity index (χ0v) is 12.2. The molecule has 21 heavy (non-hydrogen) atoms. The third-order valence-corrected chi connectivity index (χ3v) is 4.04. The van der Waals surface area contributed by atoms with Gasteiger partial charge in [-0.1, -0.05) is 30.3 Å². The van der Waals surface area contributed by atoms with Crippen LogP contribution in [0.5, 0.6) is 0 Å². The van der Waals surface area contributed by atoms with Gasteiger partial charge in [-0.3, -0.25) is 4.68 Å². The molecule has 1 aromatic carbocycles. The highest BCUT2D eigenvalue weighted by molar-refractivity contribution is 5.74. The van der Waals surface area contributed by atoms with Gasteiger partial charge in [0.2, 0.25) is 0 Å². The monoisotopic (exact) mass is 284 g/mol. The lowest BCUT2D eigenvalue weighted by Gasteiger charge is -2.16. The Hall–Kier alpha value is -2.30. The van der Waals surface area contributed by atoms with Crippen molar-refractivity contribution in [3.63, 3.8) is 0 Å². The normalized spacial score (nSPS) is 15.5. The lowest BCUT2D eigenvalue weighted by molar-refractivity contribution is 0.239. The quantitative estimate of drug-likeness (QED) is 0.881. The molecular weight excluding hydrogens is 264 g/mol. The molecule has 1 heterocycles. The number of benzene rings is 1. The summed E-state index contributed by atoms with van der Waals surface area (Å²) < 4.78 is 1.73. The van der Waals surface area contributed by atoms with E-state index in [4.69, 9.17) is 0 Å². The van der Waals surface area contributed by atoms with Crippen molar-refractivity contribution in [2.75, 3.05) is 6.54 Å². The Morgan fingerprint density at radius 2 is 2.05 bits per heavy atom. The molecule has 1 aromatic heterocycles. The standard InChI is InChI=1S/C16H20N4O/c1-20-11-13(10-19-20)9-17-15(21)18-12-16(7-8-16)14-5-3-2-4-6-14/h2-6,10-11H,7-9,12H2,1H3,(H2,17,18,21). The van der Waals surface area contributed by atoms with Gasteiger partial charge in [0, 0.05) is 37.3 Å². The van der Waals surface area contributed by atoms with Crippen LogP contribution in [0.15, 0.2) is 42.7 Å². The summed E-state index contributed by atoms with van der Waals surface area (Å²) in [5, 5.41) is 9.92. The van der Waals surface area contributed by atoms with E-state index < -0.39 is 0 Å². The number of aryl methyl sites for hydroxylation is 1. The van der Waals surface area contributed by atoms with E-state index in [0.29, 0.717) is 13.1 Å². The molecule has 3 rings (SSSR count). The van der Waals surface area contributed by atoms with Crippen LogP contribution in [0.2, 0.25) is 0 Å². The molecule has 2 aromatic rings. The minimum atomic E-state index is -0.124. The molecule has 2 N–H and O–H groups in total. The second kappa shape index (κ2) is 5.60. The maximum absolute atomic E-state index is 11.9. The fraction of sp³-hybridized carbons (Fsp3) is 0.375. The van der Waals surface area contributed by atoms with Gasteiger partial charge in [0.25, 0.3) is 0 Å². The number of rotatable bonds is 5. The Balaban J connectivity index is 1.48. The van der Waals surface area contributed by atoms with Gasteiger partial charge in [0.1, 0.15) is 0 Å². The van der Waals surface area contributed by atoms with Crippen molar-refractivity contribution in [1.82, 2.24) is 20.4 Å². The fourth-order valence-corrected chi connectivity index (χ4v) is 2.57. The molecule has 0 unspecified atom stereocenters. The first-order chi connectivity index (χ1) is 10.2. The number of nitrogens with zero attached hydrogens (tertiary/aromatic N) is 2. The Labute approximate surface area is 124 Å². The van der Waals surface area contributed by atoms with Crippen molar-refractivity contribution in [3.05, 3.63) is 53.9 Å². The number of amides is 2. The van der Waals surface area contributed by atoms with E-state index in [1.807, 2.05) is 19.3 Å². The second-order valence-corrected chi connectivity index (χ2v) is 5.70. The van der Waals surface area contributed by atoms with Crippen molar-refractivity contribution in [2.24, 2.45) is 7.05 Å². The molecule has 5 heteroatoms. The molecule has 0 bridgehead atoms. The van der Waals surface area contributed by atoms with Crippen LogP contribution in [0.1, 0.15) is 24.0 Å². The van der Waals surface area contributed by atoms with Crippen molar-refractivity contribution in [2.45, 2.75) is 24.8 Å².